The van der Waals surface area contributed by atoms with E-state index in [1.807, 2.05) is 13.8 Å². The highest BCUT2D eigenvalue weighted by Gasteiger charge is 2.44. The van der Waals surface area contributed by atoms with Gasteiger partial charge in [0.2, 0.25) is 0 Å². The summed E-state index contributed by atoms with van der Waals surface area (Å²) in [7, 11) is 0. The fourth-order valence-electron chi connectivity index (χ4n) is 3.57. The second-order valence-electron chi connectivity index (χ2n) is 13.3. The Morgan fingerprint density at radius 3 is 1.81 bits per heavy atom. The molecule has 1 atom stereocenters. The van der Waals surface area contributed by atoms with Crippen LogP contribution in [0.3, 0.4) is 0 Å². The number of hydrogen-bond acceptors (Lipinski definition) is 6. The van der Waals surface area contributed by atoms with Crippen LogP contribution in [0, 0.1) is 16.7 Å². The van der Waals surface area contributed by atoms with Gasteiger partial charge >= 0.3 is 5.97 Å². The van der Waals surface area contributed by atoms with Gasteiger partial charge < -0.3 is 23.7 Å². The van der Waals surface area contributed by atoms with Gasteiger partial charge in [0.25, 0.3) is 0 Å². The van der Waals surface area contributed by atoms with Crippen molar-refractivity contribution in [3.05, 3.63) is 0 Å². The number of carbonyl (C=O) groups is 1. The second-order valence-corrected chi connectivity index (χ2v) is 13.3. The predicted molar refractivity (Wildman–Crippen MR) is 148 cm³/mol. The molecular formula is C30H60O6. The molecule has 0 saturated carbocycles. The van der Waals surface area contributed by atoms with E-state index in [-0.39, 0.29) is 52.2 Å². The molecule has 0 aromatic carbocycles. The summed E-state index contributed by atoms with van der Waals surface area (Å²) in [6, 6.07) is 0. The summed E-state index contributed by atoms with van der Waals surface area (Å²) in [5.74, 6) is 0.0842. The number of carbonyl (C=O) groups excluding carboxylic acids is 1. The van der Waals surface area contributed by atoms with Gasteiger partial charge in [-0.1, -0.05) is 41.5 Å². The molecule has 0 aromatic heterocycles. The Morgan fingerprint density at radius 2 is 1.28 bits per heavy atom. The molecule has 6 nitrogen and oxygen atoms in total. The van der Waals surface area contributed by atoms with Gasteiger partial charge in [-0.25, -0.2) is 0 Å². The van der Waals surface area contributed by atoms with Crippen molar-refractivity contribution < 1.29 is 28.5 Å². The standard InChI is InChI=1S/C30H60O6/c1-15-25(31)33-20-21-34-27(7,8)17-19-35-30(13,14)28(9,10)24(4)22-36-29(11,12)26(5,6)16-18-32-23(2)3/h23-24H,15-22H2,1-14H3. The molecule has 0 bridgehead atoms. The van der Waals surface area contributed by atoms with Crippen molar-refractivity contribution in [2.75, 3.05) is 33.0 Å². The lowest BCUT2D eigenvalue weighted by Gasteiger charge is -2.48. The Hall–Kier alpha value is -0.690. The van der Waals surface area contributed by atoms with Crippen LogP contribution in [0.4, 0.5) is 0 Å². The molecule has 1 unspecified atom stereocenters. The first-order valence-corrected chi connectivity index (χ1v) is 13.9. The Labute approximate surface area is 223 Å². The van der Waals surface area contributed by atoms with Crippen molar-refractivity contribution >= 4 is 5.97 Å². The Bertz CT molecular complexity index is 633. The van der Waals surface area contributed by atoms with Crippen LogP contribution in [-0.4, -0.2) is 61.9 Å². The van der Waals surface area contributed by atoms with E-state index in [1.165, 1.54) is 0 Å². The first-order chi connectivity index (χ1) is 16.2. The quantitative estimate of drug-likeness (QED) is 0.133. The van der Waals surface area contributed by atoms with Crippen LogP contribution >= 0.6 is 0 Å². The average Bonchev–Trinajstić information content (AvgIpc) is 2.73. The first-order valence-electron chi connectivity index (χ1n) is 13.9. The Morgan fingerprint density at radius 1 is 0.694 bits per heavy atom. The highest BCUT2D eigenvalue weighted by atomic mass is 16.6. The lowest BCUT2D eigenvalue weighted by atomic mass is 9.68. The SMILES string of the molecule is CCC(=O)OCCOC(C)(C)CCOC(C)(C)C(C)(C)C(C)COC(C)(C)C(C)(C)CCOC(C)C. The summed E-state index contributed by atoms with van der Waals surface area (Å²) in [4.78, 5) is 11.3. The summed E-state index contributed by atoms with van der Waals surface area (Å²) in [6.07, 6.45) is 2.33. The molecule has 0 saturated heterocycles. The van der Waals surface area contributed by atoms with Crippen molar-refractivity contribution in [3.63, 3.8) is 0 Å². The summed E-state index contributed by atoms with van der Waals surface area (Å²) in [5.41, 5.74) is -1.13. The lowest BCUT2D eigenvalue weighted by molar-refractivity contribution is -0.166. The highest BCUT2D eigenvalue weighted by Crippen LogP contribution is 2.43. The topological polar surface area (TPSA) is 63.2 Å². The van der Waals surface area contributed by atoms with Gasteiger partial charge in [-0.05, 0) is 85.0 Å². The minimum absolute atomic E-state index is 0.0157. The summed E-state index contributed by atoms with van der Waals surface area (Å²) in [5, 5.41) is 0. The smallest absolute Gasteiger partial charge is 0.305 e. The number of esters is 1. The van der Waals surface area contributed by atoms with Crippen LogP contribution < -0.4 is 0 Å². The molecule has 0 radical (unpaired) electrons. The van der Waals surface area contributed by atoms with E-state index >= 15 is 0 Å². The third kappa shape index (κ3) is 11.8. The van der Waals surface area contributed by atoms with E-state index in [1.54, 1.807) is 6.92 Å². The predicted octanol–water partition coefficient (Wildman–Crippen LogP) is 7.22. The normalized spacial score (nSPS) is 14.9. The zero-order valence-electron chi connectivity index (χ0n) is 26.3. The molecular weight excluding hydrogens is 456 g/mol. The molecule has 0 heterocycles. The zero-order valence-corrected chi connectivity index (χ0v) is 26.3. The van der Waals surface area contributed by atoms with E-state index in [0.29, 0.717) is 26.2 Å². The molecule has 0 aliphatic heterocycles. The van der Waals surface area contributed by atoms with Gasteiger partial charge in [0.15, 0.2) is 0 Å². The monoisotopic (exact) mass is 516 g/mol. The van der Waals surface area contributed by atoms with Gasteiger partial charge in [0, 0.05) is 13.0 Å². The molecule has 0 aliphatic carbocycles. The van der Waals surface area contributed by atoms with Gasteiger partial charge in [0.05, 0.1) is 42.7 Å². The summed E-state index contributed by atoms with van der Waals surface area (Å²) >= 11 is 0. The van der Waals surface area contributed by atoms with Crippen LogP contribution in [0.1, 0.15) is 116 Å². The molecule has 0 spiro atoms. The molecule has 36 heavy (non-hydrogen) atoms. The number of hydrogen-bond donors (Lipinski definition) is 0. The summed E-state index contributed by atoms with van der Waals surface area (Å²) in [6.45, 7) is 32.7. The fraction of sp³-hybridized carbons (Fsp3) is 0.967. The second kappa shape index (κ2) is 14.5. The molecule has 216 valence electrons. The Balaban J connectivity index is 4.82. The van der Waals surface area contributed by atoms with Crippen LogP contribution in [0.2, 0.25) is 0 Å². The summed E-state index contributed by atoms with van der Waals surface area (Å²) < 4.78 is 29.9. The van der Waals surface area contributed by atoms with Crippen molar-refractivity contribution in [2.45, 2.75) is 139 Å². The fourth-order valence-corrected chi connectivity index (χ4v) is 3.57. The van der Waals surface area contributed by atoms with Crippen molar-refractivity contribution in [3.8, 4) is 0 Å². The third-order valence-corrected chi connectivity index (χ3v) is 8.58. The molecule has 0 amide bonds. The van der Waals surface area contributed by atoms with Crippen molar-refractivity contribution in [2.24, 2.45) is 16.7 Å². The van der Waals surface area contributed by atoms with E-state index < -0.39 is 0 Å². The van der Waals surface area contributed by atoms with Crippen LogP contribution in [0.15, 0.2) is 0 Å². The van der Waals surface area contributed by atoms with Gasteiger partial charge in [-0.2, -0.15) is 0 Å². The molecule has 0 rings (SSSR count). The largest absolute Gasteiger partial charge is 0.463 e. The maximum Gasteiger partial charge on any atom is 0.305 e. The first kappa shape index (κ1) is 35.3. The van der Waals surface area contributed by atoms with Gasteiger partial charge in [-0.15, -0.1) is 0 Å². The molecule has 0 fully saturated rings. The average molecular weight is 517 g/mol. The van der Waals surface area contributed by atoms with Crippen LogP contribution in [0.25, 0.3) is 0 Å². The maximum atomic E-state index is 11.3. The molecule has 0 aliphatic rings. The van der Waals surface area contributed by atoms with E-state index in [0.717, 1.165) is 19.4 Å². The van der Waals surface area contributed by atoms with E-state index in [9.17, 15) is 4.79 Å². The lowest BCUT2D eigenvalue weighted by Crippen LogP contribution is -2.49. The highest BCUT2D eigenvalue weighted by molar-refractivity contribution is 5.68. The third-order valence-electron chi connectivity index (χ3n) is 8.58. The molecule has 6 heteroatoms. The van der Waals surface area contributed by atoms with Crippen molar-refractivity contribution in [1.82, 2.24) is 0 Å². The van der Waals surface area contributed by atoms with Gasteiger partial charge in [-0.3, -0.25) is 4.79 Å². The minimum atomic E-state index is -0.359. The molecule has 0 N–H and O–H groups in total. The van der Waals surface area contributed by atoms with Crippen LogP contribution in [-0.2, 0) is 28.5 Å². The minimum Gasteiger partial charge on any atom is -0.463 e. The van der Waals surface area contributed by atoms with Crippen LogP contribution in [0.5, 0.6) is 0 Å². The maximum absolute atomic E-state index is 11.3. The van der Waals surface area contributed by atoms with E-state index in [2.05, 4.69) is 76.2 Å². The van der Waals surface area contributed by atoms with Gasteiger partial charge in [0.1, 0.15) is 6.61 Å². The number of rotatable bonds is 19. The Kier molecular flexibility index (Phi) is 14.2. The van der Waals surface area contributed by atoms with E-state index in [4.69, 9.17) is 23.7 Å². The zero-order chi connectivity index (χ0) is 28.4. The molecule has 0 aromatic rings. The van der Waals surface area contributed by atoms with Crippen molar-refractivity contribution in [1.29, 1.82) is 0 Å². The number of ether oxygens (including phenoxy) is 5.